The maximum Gasteiger partial charge on any atom is 0.250 e. The average Bonchev–Trinajstić information content (AvgIpc) is 3.07. The first-order valence-electron chi connectivity index (χ1n) is 7.45. The molecule has 7 heteroatoms. The zero-order chi connectivity index (χ0) is 15.2. The summed E-state index contributed by atoms with van der Waals surface area (Å²) in [5.41, 5.74) is -0.695. The number of nitrogens with one attached hydrogen (secondary N) is 1. The molecule has 3 aliphatic rings. The van der Waals surface area contributed by atoms with Crippen molar-refractivity contribution in [3.63, 3.8) is 0 Å². The minimum absolute atomic E-state index is 0.0231. The van der Waals surface area contributed by atoms with E-state index in [2.05, 4.69) is 5.32 Å². The van der Waals surface area contributed by atoms with Crippen LogP contribution in [0.2, 0.25) is 0 Å². The van der Waals surface area contributed by atoms with Gasteiger partial charge in [-0.05, 0) is 25.7 Å². The Hall–Kier alpha value is -1.24. The fraction of sp³-hybridized carbons (Fsp3) is 0.786. The molecular formula is C14H21N3O3S. The summed E-state index contributed by atoms with van der Waals surface area (Å²) in [4.78, 5) is 40.5. The number of fused-ring (bicyclic) bond motifs is 1. The SMILES string of the molecule is CNC(=O)[C@H]1CS[C@@H]2CC[C@]3(CCCN3C(C)=O)C(=O)N12. The van der Waals surface area contributed by atoms with Crippen LogP contribution in [-0.4, -0.2) is 63.8 Å². The van der Waals surface area contributed by atoms with Crippen molar-refractivity contribution in [1.82, 2.24) is 15.1 Å². The quantitative estimate of drug-likeness (QED) is 0.750. The molecule has 3 aliphatic heterocycles. The lowest BCUT2D eigenvalue weighted by Gasteiger charge is -2.46. The number of carbonyl (C=O) groups is 3. The lowest BCUT2D eigenvalue weighted by molar-refractivity contribution is -0.158. The molecule has 1 spiro atoms. The van der Waals surface area contributed by atoms with E-state index < -0.39 is 11.6 Å². The molecular weight excluding hydrogens is 290 g/mol. The van der Waals surface area contributed by atoms with Crippen molar-refractivity contribution >= 4 is 29.5 Å². The van der Waals surface area contributed by atoms with Gasteiger partial charge < -0.3 is 15.1 Å². The van der Waals surface area contributed by atoms with Gasteiger partial charge in [0.25, 0.3) is 0 Å². The number of thioether (sulfide) groups is 1. The van der Waals surface area contributed by atoms with Crippen molar-refractivity contribution in [2.45, 2.75) is 49.6 Å². The van der Waals surface area contributed by atoms with Crippen LogP contribution in [0.4, 0.5) is 0 Å². The number of hydrogen-bond acceptors (Lipinski definition) is 4. The van der Waals surface area contributed by atoms with Crippen LogP contribution in [-0.2, 0) is 14.4 Å². The van der Waals surface area contributed by atoms with E-state index in [4.69, 9.17) is 0 Å². The molecule has 21 heavy (non-hydrogen) atoms. The summed E-state index contributed by atoms with van der Waals surface area (Å²) in [5, 5.41) is 2.73. The third kappa shape index (κ3) is 2.05. The lowest BCUT2D eigenvalue weighted by atomic mass is 9.84. The summed E-state index contributed by atoms with van der Waals surface area (Å²) < 4.78 is 0. The average molecular weight is 311 g/mol. The van der Waals surface area contributed by atoms with Gasteiger partial charge in [0, 0.05) is 26.3 Å². The summed E-state index contributed by atoms with van der Waals surface area (Å²) in [6, 6.07) is -0.399. The molecule has 3 saturated heterocycles. The Morgan fingerprint density at radius 3 is 2.81 bits per heavy atom. The van der Waals surface area contributed by atoms with Gasteiger partial charge in [-0.1, -0.05) is 0 Å². The van der Waals surface area contributed by atoms with Crippen LogP contribution in [0.15, 0.2) is 0 Å². The number of nitrogens with zero attached hydrogens (tertiary/aromatic N) is 2. The van der Waals surface area contributed by atoms with Gasteiger partial charge in [-0.2, -0.15) is 0 Å². The molecule has 1 N–H and O–H groups in total. The zero-order valence-corrected chi connectivity index (χ0v) is 13.2. The summed E-state index contributed by atoms with van der Waals surface area (Å²) >= 11 is 1.67. The molecule has 0 bridgehead atoms. The predicted molar refractivity (Wildman–Crippen MR) is 79.5 cm³/mol. The Labute approximate surface area is 128 Å². The van der Waals surface area contributed by atoms with Crippen molar-refractivity contribution < 1.29 is 14.4 Å². The second kappa shape index (κ2) is 5.19. The van der Waals surface area contributed by atoms with Crippen LogP contribution in [0.25, 0.3) is 0 Å². The summed E-state index contributed by atoms with van der Waals surface area (Å²) in [5.74, 6) is 0.474. The maximum atomic E-state index is 13.1. The van der Waals surface area contributed by atoms with Crippen LogP contribution in [0, 0.1) is 0 Å². The van der Waals surface area contributed by atoms with Crippen LogP contribution in [0.5, 0.6) is 0 Å². The Bertz CT molecular complexity index is 498. The summed E-state index contributed by atoms with van der Waals surface area (Å²) in [7, 11) is 1.60. The molecule has 0 aliphatic carbocycles. The van der Waals surface area contributed by atoms with Crippen LogP contribution < -0.4 is 5.32 Å². The van der Waals surface area contributed by atoms with Crippen molar-refractivity contribution in [2.24, 2.45) is 0 Å². The van der Waals surface area contributed by atoms with Crippen molar-refractivity contribution in [2.75, 3.05) is 19.3 Å². The third-order valence-corrected chi connectivity index (χ3v) is 6.30. The van der Waals surface area contributed by atoms with Gasteiger partial charge in [-0.25, -0.2) is 0 Å². The van der Waals surface area contributed by atoms with Crippen molar-refractivity contribution in [3.8, 4) is 0 Å². The van der Waals surface area contributed by atoms with E-state index in [-0.39, 0.29) is 23.1 Å². The third-order valence-electron chi connectivity index (χ3n) is 4.95. The Balaban J connectivity index is 1.92. The second-order valence-corrected chi connectivity index (χ2v) is 7.19. The number of piperidine rings is 1. The first-order valence-corrected chi connectivity index (χ1v) is 8.50. The number of hydrogen-bond donors (Lipinski definition) is 1. The topological polar surface area (TPSA) is 69.7 Å². The lowest BCUT2D eigenvalue weighted by Crippen LogP contribution is -2.65. The number of likely N-dealkylation sites (N-methyl/N-ethyl adjacent to an activating group) is 1. The van der Waals surface area contributed by atoms with Gasteiger partial charge >= 0.3 is 0 Å². The van der Waals surface area contributed by atoms with E-state index in [1.54, 1.807) is 28.6 Å². The number of amides is 3. The largest absolute Gasteiger partial charge is 0.357 e. The smallest absolute Gasteiger partial charge is 0.250 e. The van der Waals surface area contributed by atoms with E-state index >= 15 is 0 Å². The standard InChI is InChI=1S/C14H21N3O3S/c1-9(18)16-7-3-5-14(16)6-4-11-17(13(14)20)10(8-21-11)12(19)15-2/h10-11H,3-8H2,1-2H3,(H,15,19)/t10-,11-,14-/m1/s1. The van der Waals surface area contributed by atoms with E-state index in [1.807, 2.05) is 0 Å². The molecule has 3 atom stereocenters. The first-order chi connectivity index (χ1) is 10.0. The monoisotopic (exact) mass is 311 g/mol. The first kappa shape index (κ1) is 14.7. The molecule has 3 heterocycles. The molecule has 0 radical (unpaired) electrons. The number of likely N-dealkylation sites (tertiary alicyclic amines) is 1. The van der Waals surface area contributed by atoms with Crippen molar-refractivity contribution in [1.29, 1.82) is 0 Å². The normalized spacial score (nSPS) is 35.2. The highest BCUT2D eigenvalue weighted by molar-refractivity contribution is 8.00. The molecule has 0 saturated carbocycles. The van der Waals surface area contributed by atoms with Crippen LogP contribution in [0.3, 0.4) is 0 Å². The number of rotatable bonds is 1. The minimum Gasteiger partial charge on any atom is -0.357 e. The Morgan fingerprint density at radius 2 is 2.14 bits per heavy atom. The molecule has 3 fully saturated rings. The Kier molecular flexibility index (Phi) is 3.63. The van der Waals surface area contributed by atoms with Gasteiger partial charge in [0.05, 0.1) is 5.37 Å². The fourth-order valence-electron chi connectivity index (χ4n) is 3.96. The van der Waals surface area contributed by atoms with Gasteiger partial charge in [0.15, 0.2) is 0 Å². The molecule has 0 aromatic rings. The van der Waals surface area contributed by atoms with E-state index in [9.17, 15) is 14.4 Å². The molecule has 116 valence electrons. The maximum absolute atomic E-state index is 13.1. The van der Waals surface area contributed by atoms with Crippen LogP contribution in [0.1, 0.15) is 32.6 Å². The van der Waals surface area contributed by atoms with Gasteiger partial charge in [-0.3, -0.25) is 14.4 Å². The van der Waals surface area contributed by atoms with E-state index in [0.29, 0.717) is 12.3 Å². The summed E-state index contributed by atoms with van der Waals surface area (Å²) in [6.07, 6.45) is 3.16. The van der Waals surface area contributed by atoms with E-state index in [1.165, 1.54) is 6.92 Å². The highest BCUT2D eigenvalue weighted by Crippen LogP contribution is 2.46. The fourth-order valence-corrected chi connectivity index (χ4v) is 5.36. The summed E-state index contributed by atoms with van der Waals surface area (Å²) in [6.45, 7) is 2.18. The van der Waals surface area contributed by atoms with E-state index in [0.717, 1.165) is 25.7 Å². The van der Waals surface area contributed by atoms with Gasteiger partial charge in [0.1, 0.15) is 11.6 Å². The molecule has 3 amide bonds. The molecule has 3 rings (SSSR count). The zero-order valence-electron chi connectivity index (χ0n) is 12.4. The van der Waals surface area contributed by atoms with Crippen molar-refractivity contribution in [3.05, 3.63) is 0 Å². The highest BCUT2D eigenvalue weighted by Gasteiger charge is 2.57. The molecule has 0 aromatic heterocycles. The number of carbonyl (C=O) groups excluding carboxylic acids is 3. The molecule has 0 aromatic carbocycles. The predicted octanol–water partition coefficient (Wildman–Crippen LogP) is 0.177. The Morgan fingerprint density at radius 1 is 1.38 bits per heavy atom. The second-order valence-electron chi connectivity index (χ2n) is 5.97. The molecule has 0 unspecified atom stereocenters. The minimum atomic E-state index is -0.695. The molecule has 6 nitrogen and oxygen atoms in total. The van der Waals surface area contributed by atoms with Crippen LogP contribution >= 0.6 is 11.8 Å². The highest BCUT2D eigenvalue weighted by atomic mass is 32.2. The van der Waals surface area contributed by atoms with Gasteiger partial charge in [0.2, 0.25) is 17.7 Å². The van der Waals surface area contributed by atoms with Gasteiger partial charge in [-0.15, -0.1) is 11.8 Å².